The van der Waals surface area contributed by atoms with Gasteiger partial charge in [-0.05, 0) is 43.4 Å². The molecule has 0 atom stereocenters. The number of fused-ring (bicyclic) bond motifs is 1. The Kier molecular flexibility index (Phi) is 4.13. The topological polar surface area (TPSA) is 59.8 Å². The molecular formula is C18H18N4OS. The zero-order valence-corrected chi connectivity index (χ0v) is 14.1. The van der Waals surface area contributed by atoms with Crippen LogP contribution < -0.4 is 5.32 Å². The van der Waals surface area contributed by atoms with Crippen LogP contribution in [-0.4, -0.2) is 20.7 Å². The molecule has 122 valence electrons. The molecule has 0 spiro atoms. The standard InChI is InChI=1S/C18H18N4OS/c23-17(21-18-20-15-7-4-8-16(15)24-18)10-9-13-11-19-22(12-13)14-5-2-1-3-6-14/h1-3,5-6,11-12H,4,7-10H2,(H,20,21,23). The summed E-state index contributed by atoms with van der Waals surface area (Å²) in [5.41, 5.74) is 3.24. The number of carbonyl (C=O) groups is 1. The molecule has 0 bridgehead atoms. The zero-order valence-electron chi connectivity index (χ0n) is 13.2. The van der Waals surface area contributed by atoms with Crippen LogP contribution in [0.3, 0.4) is 0 Å². The van der Waals surface area contributed by atoms with Crippen molar-refractivity contribution in [3.63, 3.8) is 0 Å². The SMILES string of the molecule is O=C(CCc1cnn(-c2ccccc2)c1)Nc1nc2c(s1)CCC2. The van der Waals surface area contributed by atoms with Crippen LogP contribution in [0.4, 0.5) is 5.13 Å². The highest BCUT2D eigenvalue weighted by molar-refractivity contribution is 7.15. The highest BCUT2D eigenvalue weighted by atomic mass is 32.1. The van der Waals surface area contributed by atoms with Gasteiger partial charge in [0.2, 0.25) is 5.91 Å². The minimum atomic E-state index is 0.00915. The maximum absolute atomic E-state index is 12.1. The Balaban J connectivity index is 1.33. The van der Waals surface area contributed by atoms with Gasteiger partial charge in [0.1, 0.15) is 0 Å². The fourth-order valence-corrected chi connectivity index (χ4v) is 3.96. The molecule has 0 saturated heterocycles. The second kappa shape index (κ2) is 6.57. The van der Waals surface area contributed by atoms with Crippen molar-refractivity contribution in [2.45, 2.75) is 32.1 Å². The number of nitrogens with zero attached hydrogens (tertiary/aromatic N) is 3. The van der Waals surface area contributed by atoms with Gasteiger partial charge in [0.25, 0.3) is 0 Å². The summed E-state index contributed by atoms with van der Waals surface area (Å²) in [7, 11) is 0. The third kappa shape index (κ3) is 3.23. The van der Waals surface area contributed by atoms with Crippen LogP contribution in [0.25, 0.3) is 5.69 Å². The fourth-order valence-electron chi connectivity index (χ4n) is 2.89. The number of hydrogen-bond donors (Lipinski definition) is 1. The first kappa shape index (κ1) is 15.1. The van der Waals surface area contributed by atoms with Gasteiger partial charge in [0.15, 0.2) is 5.13 Å². The summed E-state index contributed by atoms with van der Waals surface area (Å²) in [6.45, 7) is 0. The van der Waals surface area contributed by atoms with Gasteiger partial charge in [-0.25, -0.2) is 9.67 Å². The second-order valence-corrected chi connectivity index (χ2v) is 7.00. The Bertz CT molecular complexity index is 832. The third-order valence-electron chi connectivity index (χ3n) is 4.14. The summed E-state index contributed by atoms with van der Waals surface area (Å²) in [6, 6.07) is 9.95. The third-order valence-corrected chi connectivity index (χ3v) is 5.21. The number of aromatic nitrogens is 3. The van der Waals surface area contributed by atoms with E-state index in [0.717, 1.165) is 29.2 Å². The monoisotopic (exact) mass is 338 g/mol. The normalized spacial score (nSPS) is 13.0. The minimum Gasteiger partial charge on any atom is -0.302 e. The average Bonchev–Trinajstić information content (AvgIpc) is 3.29. The number of aryl methyl sites for hydroxylation is 3. The largest absolute Gasteiger partial charge is 0.302 e. The molecule has 5 nitrogen and oxygen atoms in total. The number of carbonyl (C=O) groups excluding carboxylic acids is 1. The van der Waals surface area contributed by atoms with E-state index in [-0.39, 0.29) is 5.91 Å². The predicted octanol–water partition coefficient (Wildman–Crippen LogP) is 3.39. The lowest BCUT2D eigenvalue weighted by Gasteiger charge is -2.01. The van der Waals surface area contributed by atoms with Crippen LogP contribution in [-0.2, 0) is 24.1 Å². The zero-order chi connectivity index (χ0) is 16.4. The van der Waals surface area contributed by atoms with E-state index in [1.54, 1.807) is 11.3 Å². The molecule has 0 saturated carbocycles. The first-order valence-corrected chi connectivity index (χ1v) is 8.97. The Morgan fingerprint density at radius 3 is 2.96 bits per heavy atom. The number of hydrogen-bond acceptors (Lipinski definition) is 4. The van der Waals surface area contributed by atoms with Gasteiger partial charge in [0.05, 0.1) is 17.6 Å². The number of thiazole rings is 1. The molecule has 1 N–H and O–H groups in total. The van der Waals surface area contributed by atoms with E-state index in [1.165, 1.54) is 17.0 Å². The molecule has 1 aliphatic carbocycles. The molecular weight excluding hydrogens is 320 g/mol. The van der Waals surface area contributed by atoms with Gasteiger partial charge < -0.3 is 5.32 Å². The molecule has 1 aliphatic rings. The van der Waals surface area contributed by atoms with Gasteiger partial charge in [-0.1, -0.05) is 18.2 Å². The fraction of sp³-hybridized carbons (Fsp3) is 0.278. The molecule has 2 aromatic heterocycles. The van der Waals surface area contributed by atoms with Crippen LogP contribution in [0.5, 0.6) is 0 Å². The van der Waals surface area contributed by atoms with E-state index in [4.69, 9.17) is 0 Å². The first-order chi connectivity index (χ1) is 11.8. The van der Waals surface area contributed by atoms with Crippen molar-refractivity contribution in [1.29, 1.82) is 0 Å². The van der Waals surface area contributed by atoms with Crippen molar-refractivity contribution in [1.82, 2.24) is 14.8 Å². The highest BCUT2D eigenvalue weighted by Crippen LogP contribution is 2.30. The number of benzene rings is 1. The molecule has 2 heterocycles. The van der Waals surface area contributed by atoms with Crippen molar-refractivity contribution in [3.05, 3.63) is 58.9 Å². The molecule has 3 aromatic rings. The van der Waals surface area contributed by atoms with E-state index < -0.39 is 0 Å². The summed E-state index contributed by atoms with van der Waals surface area (Å²) in [4.78, 5) is 17.9. The van der Waals surface area contributed by atoms with E-state index in [9.17, 15) is 4.79 Å². The smallest absolute Gasteiger partial charge is 0.226 e. The van der Waals surface area contributed by atoms with Crippen LogP contribution in [0, 0.1) is 0 Å². The highest BCUT2D eigenvalue weighted by Gasteiger charge is 2.17. The van der Waals surface area contributed by atoms with Crippen LogP contribution in [0.15, 0.2) is 42.7 Å². The van der Waals surface area contributed by atoms with Gasteiger partial charge in [-0.15, -0.1) is 11.3 Å². The summed E-state index contributed by atoms with van der Waals surface area (Å²) < 4.78 is 1.83. The molecule has 4 rings (SSSR count). The van der Waals surface area contributed by atoms with Gasteiger partial charge >= 0.3 is 0 Å². The molecule has 0 radical (unpaired) electrons. The lowest BCUT2D eigenvalue weighted by atomic mass is 10.2. The Morgan fingerprint density at radius 1 is 1.25 bits per heavy atom. The maximum atomic E-state index is 12.1. The van der Waals surface area contributed by atoms with E-state index in [2.05, 4.69) is 15.4 Å². The molecule has 0 fully saturated rings. The van der Waals surface area contributed by atoms with Crippen molar-refractivity contribution >= 4 is 22.4 Å². The average molecular weight is 338 g/mol. The molecule has 1 aromatic carbocycles. The second-order valence-electron chi connectivity index (χ2n) is 5.92. The van der Waals surface area contributed by atoms with E-state index in [0.29, 0.717) is 12.8 Å². The summed E-state index contributed by atoms with van der Waals surface area (Å²) in [5, 5.41) is 8.02. The molecule has 0 unspecified atom stereocenters. The molecule has 0 aliphatic heterocycles. The Labute approximate surface area is 144 Å². The molecule has 24 heavy (non-hydrogen) atoms. The van der Waals surface area contributed by atoms with Crippen molar-refractivity contribution in [2.24, 2.45) is 0 Å². The number of rotatable bonds is 5. The van der Waals surface area contributed by atoms with E-state index >= 15 is 0 Å². The quantitative estimate of drug-likeness (QED) is 0.776. The number of anilines is 1. The summed E-state index contributed by atoms with van der Waals surface area (Å²) >= 11 is 1.61. The van der Waals surface area contributed by atoms with Crippen LogP contribution in [0.1, 0.15) is 29.0 Å². The van der Waals surface area contributed by atoms with Gasteiger partial charge in [-0.3, -0.25) is 4.79 Å². The molecule has 6 heteroatoms. The predicted molar refractivity (Wildman–Crippen MR) is 94.7 cm³/mol. The van der Waals surface area contributed by atoms with Gasteiger partial charge in [0, 0.05) is 17.5 Å². The minimum absolute atomic E-state index is 0.00915. The number of para-hydroxylation sites is 1. The van der Waals surface area contributed by atoms with Crippen molar-refractivity contribution in [3.8, 4) is 5.69 Å². The Morgan fingerprint density at radius 2 is 2.12 bits per heavy atom. The van der Waals surface area contributed by atoms with Crippen molar-refractivity contribution < 1.29 is 4.79 Å². The molecule has 1 amide bonds. The maximum Gasteiger partial charge on any atom is 0.226 e. The van der Waals surface area contributed by atoms with Gasteiger partial charge in [-0.2, -0.15) is 5.10 Å². The van der Waals surface area contributed by atoms with E-state index in [1.807, 2.05) is 47.4 Å². The first-order valence-electron chi connectivity index (χ1n) is 8.15. The van der Waals surface area contributed by atoms with Crippen LogP contribution >= 0.6 is 11.3 Å². The van der Waals surface area contributed by atoms with Crippen molar-refractivity contribution in [2.75, 3.05) is 5.32 Å². The summed E-state index contributed by atoms with van der Waals surface area (Å²) in [6.07, 6.45) is 8.23. The lowest BCUT2D eigenvalue weighted by molar-refractivity contribution is -0.116. The summed E-state index contributed by atoms with van der Waals surface area (Å²) in [5.74, 6) is 0.00915. The number of amides is 1. The van der Waals surface area contributed by atoms with Crippen LogP contribution in [0.2, 0.25) is 0 Å². The number of nitrogens with one attached hydrogen (secondary N) is 1. The Hall–Kier alpha value is -2.47. The lowest BCUT2D eigenvalue weighted by Crippen LogP contribution is -2.12.